The molecule has 0 saturated carbocycles. The van der Waals surface area contributed by atoms with Crippen LogP contribution >= 0.6 is 0 Å². The average molecular weight is 324 g/mol. The molecular weight excluding hydrogens is 300 g/mol. The highest BCUT2D eigenvalue weighted by Gasteiger charge is 2.33. The van der Waals surface area contributed by atoms with Crippen LogP contribution in [0.1, 0.15) is 36.1 Å². The van der Waals surface area contributed by atoms with Crippen molar-refractivity contribution in [2.45, 2.75) is 26.2 Å². The van der Waals surface area contributed by atoms with Crippen LogP contribution in [0.15, 0.2) is 36.4 Å². The van der Waals surface area contributed by atoms with Crippen LogP contribution in [0.5, 0.6) is 17.2 Å². The van der Waals surface area contributed by atoms with E-state index < -0.39 is 0 Å². The van der Waals surface area contributed by atoms with Crippen molar-refractivity contribution in [1.29, 1.82) is 0 Å². The van der Waals surface area contributed by atoms with Gasteiger partial charge in [-0.15, -0.1) is 0 Å². The number of allylic oxidation sites excluding steroid dienone is 1. The van der Waals surface area contributed by atoms with Gasteiger partial charge in [-0.2, -0.15) is 0 Å². The Morgan fingerprint density at radius 3 is 2.00 bits per heavy atom. The molecule has 3 nitrogen and oxygen atoms in total. The van der Waals surface area contributed by atoms with E-state index in [4.69, 9.17) is 14.2 Å². The standard InChI is InChI=1S/C21H24O3/c1-13-7-8-17-15(9-13)16(12-21(17,2)3)20-18(23-5)10-14(22-4)11-19(20)24-6/h7-12H,1-6H3. The number of ether oxygens (including phenoxy) is 3. The molecule has 3 rings (SSSR count). The van der Waals surface area contributed by atoms with E-state index in [1.54, 1.807) is 21.3 Å². The van der Waals surface area contributed by atoms with Gasteiger partial charge >= 0.3 is 0 Å². The Morgan fingerprint density at radius 2 is 1.46 bits per heavy atom. The van der Waals surface area contributed by atoms with Gasteiger partial charge in [-0.3, -0.25) is 0 Å². The number of hydrogen-bond acceptors (Lipinski definition) is 3. The molecule has 0 atom stereocenters. The van der Waals surface area contributed by atoms with E-state index in [0.29, 0.717) is 0 Å². The highest BCUT2D eigenvalue weighted by Crippen LogP contribution is 2.49. The van der Waals surface area contributed by atoms with Crippen LogP contribution in [0.25, 0.3) is 5.57 Å². The second kappa shape index (κ2) is 5.90. The summed E-state index contributed by atoms with van der Waals surface area (Å²) in [7, 11) is 5.00. The number of hydrogen-bond donors (Lipinski definition) is 0. The van der Waals surface area contributed by atoms with E-state index in [1.165, 1.54) is 16.7 Å². The zero-order valence-electron chi connectivity index (χ0n) is 15.2. The van der Waals surface area contributed by atoms with Crippen LogP contribution in [0.4, 0.5) is 0 Å². The first-order chi connectivity index (χ1) is 11.4. The highest BCUT2D eigenvalue weighted by atomic mass is 16.5. The molecule has 0 N–H and O–H groups in total. The van der Waals surface area contributed by atoms with E-state index in [0.717, 1.165) is 28.4 Å². The molecule has 0 bridgehead atoms. The minimum absolute atomic E-state index is 0.0334. The lowest BCUT2D eigenvalue weighted by Gasteiger charge is -2.18. The van der Waals surface area contributed by atoms with Crippen molar-refractivity contribution in [2.75, 3.05) is 21.3 Å². The fourth-order valence-corrected chi connectivity index (χ4v) is 3.44. The molecule has 0 heterocycles. The summed E-state index contributed by atoms with van der Waals surface area (Å²) in [4.78, 5) is 0. The van der Waals surface area contributed by atoms with Crippen molar-refractivity contribution in [3.05, 3.63) is 58.7 Å². The molecule has 2 aromatic carbocycles. The second-order valence-corrected chi connectivity index (χ2v) is 6.74. The van der Waals surface area contributed by atoms with Gasteiger partial charge in [0.05, 0.1) is 26.9 Å². The van der Waals surface area contributed by atoms with Crippen molar-refractivity contribution >= 4 is 5.57 Å². The Bertz CT molecular complexity index is 791. The molecule has 24 heavy (non-hydrogen) atoms. The molecule has 0 aromatic heterocycles. The normalized spacial score (nSPS) is 14.8. The van der Waals surface area contributed by atoms with E-state index in [2.05, 4.69) is 45.0 Å². The van der Waals surface area contributed by atoms with E-state index in [9.17, 15) is 0 Å². The summed E-state index contributed by atoms with van der Waals surface area (Å²) in [5.41, 5.74) is 5.88. The van der Waals surface area contributed by atoms with Gasteiger partial charge in [0, 0.05) is 17.5 Å². The molecule has 0 spiro atoms. The lowest BCUT2D eigenvalue weighted by Crippen LogP contribution is -2.10. The Kier molecular flexibility index (Phi) is 4.04. The van der Waals surface area contributed by atoms with Gasteiger partial charge in [-0.1, -0.05) is 43.7 Å². The van der Waals surface area contributed by atoms with Gasteiger partial charge in [-0.05, 0) is 23.6 Å². The Hall–Kier alpha value is -2.42. The number of methoxy groups -OCH3 is 3. The SMILES string of the molecule is COc1cc(OC)c(C2=CC(C)(C)c3ccc(C)cc32)c(OC)c1. The summed E-state index contributed by atoms with van der Waals surface area (Å²) in [5, 5.41) is 0. The minimum atomic E-state index is -0.0334. The summed E-state index contributed by atoms with van der Waals surface area (Å²) in [6, 6.07) is 10.4. The van der Waals surface area contributed by atoms with Crippen LogP contribution in [-0.4, -0.2) is 21.3 Å². The summed E-state index contributed by atoms with van der Waals surface area (Å²) >= 11 is 0. The molecule has 3 heteroatoms. The highest BCUT2D eigenvalue weighted by molar-refractivity contribution is 5.92. The topological polar surface area (TPSA) is 27.7 Å². The van der Waals surface area contributed by atoms with Gasteiger partial charge < -0.3 is 14.2 Å². The lowest BCUT2D eigenvalue weighted by molar-refractivity contribution is 0.374. The first-order valence-corrected chi connectivity index (χ1v) is 8.06. The van der Waals surface area contributed by atoms with Crippen molar-refractivity contribution in [1.82, 2.24) is 0 Å². The maximum atomic E-state index is 5.66. The summed E-state index contributed by atoms with van der Waals surface area (Å²) in [5.74, 6) is 2.22. The van der Waals surface area contributed by atoms with Gasteiger partial charge in [0.2, 0.25) is 0 Å². The Balaban J connectivity index is 2.29. The van der Waals surface area contributed by atoms with Crippen LogP contribution in [0.2, 0.25) is 0 Å². The zero-order chi connectivity index (χ0) is 17.5. The number of fused-ring (bicyclic) bond motifs is 1. The third-order valence-corrected chi connectivity index (χ3v) is 4.65. The maximum absolute atomic E-state index is 5.66. The summed E-state index contributed by atoms with van der Waals surface area (Å²) < 4.78 is 16.7. The minimum Gasteiger partial charge on any atom is -0.496 e. The predicted molar refractivity (Wildman–Crippen MR) is 97.4 cm³/mol. The Morgan fingerprint density at radius 1 is 0.833 bits per heavy atom. The first-order valence-electron chi connectivity index (χ1n) is 8.06. The van der Waals surface area contributed by atoms with Crippen molar-refractivity contribution in [3.8, 4) is 17.2 Å². The van der Waals surface area contributed by atoms with E-state index in [-0.39, 0.29) is 5.41 Å². The molecule has 2 aromatic rings. The molecule has 0 radical (unpaired) electrons. The molecule has 0 unspecified atom stereocenters. The maximum Gasteiger partial charge on any atom is 0.134 e. The number of rotatable bonds is 4. The van der Waals surface area contributed by atoms with Gasteiger partial charge in [0.25, 0.3) is 0 Å². The molecule has 126 valence electrons. The molecule has 0 aliphatic heterocycles. The van der Waals surface area contributed by atoms with E-state index in [1.807, 2.05) is 12.1 Å². The van der Waals surface area contributed by atoms with Crippen molar-refractivity contribution in [3.63, 3.8) is 0 Å². The zero-order valence-corrected chi connectivity index (χ0v) is 15.2. The Labute approximate surface area is 143 Å². The monoisotopic (exact) mass is 324 g/mol. The van der Waals surface area contributed by atoms with Crippen LogP contribution in [0, 0.1) is 6.92 Å². The fraction of sp³-hybridized carbons (Fsp3) is 0.333. The second-order valence-electron chi connectivity index (χ2n) is 6.74. The van der Waals surface area contributed by atoms with Crippen molar-refractivity contribution in [2.24, 2.45) is 0 Å². The van der Waals surface area contributed by atoms with Gasteiger partial charge in [-0.25, -0.2) is 0 Å². The third kappa shape index (κ3) is 2.54. The van der Waals surface area contributed by atoms with E-state index >= 15 is 0 Å². The predicted octanol–water partition coefficient (Wildman–Crippen LogP) is 4.74. The first kappa shape index (κ1) is 16.4. The number of benzene rings is 2. The largest absolute Gasteiger partial charge is 0.496 e. The van der Waals surface area contributed by atoms with Gasteiger partial charge in [0.15, 0.2) is 0 Å². The van der Waals surface area contributed by atoms with Crippen LogP contribution in [0.3, 0.4) is 0 Å². The number of aryl methyl sites for hydroxylation is 1. The molecule has 1 aliphatic carbocycles. The quantitative estimate of drug-likeness (QED) is 0.813. The van der Waals surface area contributed by atoms with Crippen LogP contribution in [-0.2, 0) is 5.41 Å². The summed E-state index contributed by atoms with van der Waals surface area (Å²) in [6.45, 7) is 6.58. The van der Waals surface area contributed by atoms with Gasteiger partial charge in [0.1, 0.15) is 17.2 Å². The smallest absolute Gasteiger partial charge is 0.134 e. The average Bonchev–Trinajstić information content (AvgIpc) is 2.83. The molecule has 1 aliphatic rings. The summed E-state index contributed by atoms with van der Waals surface area (Å²) in [6.07, 6.45) is 2.30. The molecule has 0 saturated heterocycles. The lowest BCUT2D eigenvalue weighted by atomic mass is 9.87. The van der Waals surface area contributed by atoms with Crippen molar-refractivity contribution < 1.29 is 14.2 Å². The van der Waals surface area contributed by atoms with Crippen LogP contribution < -0.4 is 14.2 Å². The third-order valence-electron chi connectivity index (χ3n) is 4.65. The fourth-order valence-electron chi connectivity index (χ4n) is 3.44. The molecule has 0 fully saturated rings. The molecule has 0 amide bonds. The molecular formula is C21H24O3.